The first-order valence-electron chi connectivity index (χ1n) is 4.97. The van der Waals surface area contributed by atoms with Crippen LogP contribution in [0.25, 0.3) is 0 Å². The summed E-state index contributed by atoms with van der Waals surface area (Å²) in [5.74, 6) is -0.157. The molecular formula is C11H18N2O2. The minimum atomic E-state index is -0.109. The minimum Gasteiger partial charge on any atom is -0.353 e. The van der Waals surface area contributed by atoms with Crippen LogP contribution in [0.3, 0.4) is 0 Å². The number of carbonyl (C=O) groups is 2. The molecule has 0 bridgehead atoms. The van der Waals surface area contributed by atoms with Crippen LogP contribution in [-0.4, -0.2) is 24.4 Å². The Morgan fingerprint density at radius 2 is 1.80 bits per heavy atom. The average molecular weight is 210 g/mol. The zero-order chi connectivity index (χ0) is 11.7. The van der Waals surface area contributed by atoms with Gasteiger partial charge in [-0.2, -0.15) is 0 Å². The Kier molecular flexibility index (Phi) is 6.97. The Balaban J connectivity index is 0.000000265. The van der Waals surface area contributed by atoms with Gasteiger partial charge in [0.2, 0.25) is 11.8 Å². The van der Waals surface area contributed by atoms with Crippen LogP contribution in [0, 0.1) is 0 Å². The Morgan fingerprint density at radius 1 is 1.27 bits per heavy atom. The third-order valence-electron chi connectivity index (χ3n) is 1.65. The highest BCUT2D eigenvalue weighted by Gasteiger charge is 2.21. The number of amides is 2. The van der Waals surface area contributed by atoms with Gasteiger partial charge >= 0.3 is 0 Å². The summed E-state index contributed by atoms with van der Waals surface area (Å²) in [6.07, 6.45) is 4.83. The summed E-state index contributed by atoms with van der Waals surface area (Å²) in [6.45, 7) is 9.13. The molecule has 0 unspecified atom stereocenters. The molecule has 0 radical (unpaired) electrons. The first kappa shape index (κ1) is 13.4. The Morgan fingerprint density at radius 3 is 2.07 bits per heavy atom. The molecule has 0 aromatic heterocycles. The van der Waals surface area contributed by atoms with Crippen molar-refractivity contribution < 1.29 is 9.59 Å². The second-order valence-electron chi connectivity index (χ2n) is 3.09. The molecule has 4 nitrogen and oxygen atoms in total. The molecule has 15 heavy (non-hydrogen) atoms. The molecule has 0 aliphatic heterocycles. The van der Waals surface area contributed by atoms with E-state index in [1.807, 2.05) is 6.92 Å². The number of hydrogen-bond acceptors (Lipinski definition) is 2. The van der Waals surface area contributed by atoms with E-state index in [2.05, 4.69) is 23.8 Å². The highest BCUT2D eigenvalue weighted by molar-refractivity contribution is 5.87. The maximum Gasteiger partial charge on any atom is 0.243 e. The number of likely N-dealkylation sites (N-methyl/N-ethyl adjacent to an activating group) is 1. The van der Waals surface area contributed by atoms with Crippen LogP contribution in [0.1, 0.15) is 19.8 Å². The molecule has 0 heterocycles. The SMILES string of the molecule is C=CC(=O)NC1CC1.C=CC(=O)NCC. The fourth-order valence-corrected chi connectivity index (χ4v) is 0.734. The average Bonchev–Trinajstić information content (AvgIpc) is 3.03. The summed E-state index contributed by atoms with van der Waals surface area (Å²) in [5, 5.41) is 5.28. The van der Waals surface area contributed by atoms with E-state index in [-0.39, 0.29) is 11.8 Å². The fourth-order valence-electron chi connectivity index (χ4n) is 0.734. The van der Waals surface area contributed by atoms with Crippen LogP contribution in [-0.2, 0) is 9.59 Å². The van der Waals surface area contributed by atoms with Gasteiger partial charge in [0.1, 0.15) is 0 Å². The smallest absolute Gasteiger partial charge is 0.243 e. The first-order valence-corrected chi connectivity index (χ1v) is 4.97. The van der Waals surface area contributed by atoms with Crippen LogP contribution in [0.5, 0.6) is 0 Å². The maximum absolute atomic E-state index is 10.4. The second kappa shape index (κ2) is 7.79. The normalized spacial score (nSPS) is 12.9. The molecule has 1 aliphatic rings. The molecule has 0 aromatic carbocycles. The third-order valence-corrected chi connectivity index (χ3v) is 1.65. The van der Waals surface area contributed by atoms with Gasteiger partial charge in [0.05, 0.1) is 0 Å². The quantitative estimate of drug-likeness (QED) is 0.673. The minimum absolute atomic E-state index is 0.0486. The van der Waals surface area contributed by atoms with Crippen molar-refractivity contribution in [2.24, 2.45) is 0 Å². The molecule has 84 valence electrons. The van der Waals surface area contributed by atoms with Crippen LogP contribution >= 0.6 is 0 Å². The topological polar surface area (TPSA) is 58.2 Å². The van der Waals surface area contributed by atoms with Gasteiger partial charge in [-0.1, -0.05) is 13.2 Å². The summed E-state index contributed by atoms with van der Waals surface area (Å²) >= 11 is 0. The number of hydrogen-bond donors (Lipinski definition) is 2. The van der Waals surface area contributed by atoms with E-state index >= 15 is 0 Å². The maximum atomic E-state index is 10.4. The second-order valence-corrected chi connectivity index (χ2v) is 3.09. The van der Waals surface area contributed by atoms with Gasteiger partial charge < -0.3 is 10.6 Å². The molecule has 1 fully saturated rings. The Labute approximate surface area is 90.4 Å². The predicted molar refractivity (Wildman–Crippen MR) is 60.2 cm³/mol. The number of carbonyl (C=O) groups excluding carboxylic acids is 2. The third kappa shape index (κ3) is 8.74. The van der Waals surface area contributed by atoms with Gasteiger partial charge in [0, 0.05) is 12.6 Å². The van der Waals surface area contributed by atoms with Gasteiger partial charge in [-0.05, 0) is 31.9 Å². The monoisotopic (exact) mass is 210 g/mol. The van der Waals surface area contributed by atoms with Crippen molar-refractivity contribution in [3.05, 3.63) is 25.3 Å². The summed E-state index contributed by atoms with van der Waals surface area (Å²) in [7, 11) is 0. The van der Waals surface area contributed by atoms with E-state index < -0.39 is 0 Å². The zero-order valence-corrected chi connectivity index (χ0v) is 9.08. The molecule has 0 aromatic rings. The first-order chi connectivity index (χ1) is 7.13. The lowest BCUT2D eigenvalue weighted by Crippen LogP contribution is -2.22. The largest absolute Gasteiger partial charge is 0.353 e. The molecule has 1 saturated carbocycles. The predicted octanol–water partition coefficient (Wildman–Crippen LogP) is 0.759. The zero-order valence-electron chi connectivity index (χ0n) is 9.08. The van der Waals surface area contributed by atoms with Crippen molar-refractivity contribution in [3.63, 3.8) is 0 Å². The van der Waals surface area contributed by atoms with E-state index in [0.29, 0.717) is 12.6 Å². The van der Waals surface area contributed by atoms with Crippen molar-refractivity contribution >= 4 is 11.8 Å². The fraction of sp³-hybridized carbons (Fsp3) is 0.455. The molecule has 2 amide bonds. The molecule has 1 rings (SSSR count). The van der Waals surface area contributed by atoms with Crippen LogP contribution in [0.2, 0.25) is 0 Å². The van der Waals surface area contributed by atoms with Crippen LogP contribution < -0.4 is 10.6 Å². The van der Waals surface area contributed by atoms with Gasteiger partial charge in [-0.25, -0.2) is 0 Å². The Bertz CT molecular complexity index is 245. The summed E-state index contributed by atoms with van der Waals surface area (Å²) < 4.78 is 0. The molecule has 0 spiro atoms. The number of nitrogens with one attached hydrogen (secondary N) is 2. The lowest BCUT2D eigenvalue weighted by atomic mass is 10.5. The molecule has 0 saturated heterocycles. The molecule has 1 aliphatic carbocycles. The van der Waals surface area contributed by atoms with Crippen molar-refractivity contribution in [2.45, 2.75) is 25.8 Å². The standard InChI is InChI=1S/C6H9NO.C5H9NO/c1-2-6(8)7-5-3-4-5;1-3-5(7)6-4-2/h2,5H,1,3-4H2,(H,7,8);3H,1,4H2,2H3,(H,6,7). The molecule has 2 N–H and O–H groups in total. The van der Waals surface area contributed by atoms with E-state index in [0.717, 1.165) is 12.8 Å². The summed E-state index contributed by atoms with van der Waals surface area (Å²) in [4.78, 5) is 20.6. The van der Waals surface area contributed by atoms with E-state index in [1.54, 1.807) is 0 Å². The van der Waals surface area contributed by atoms with E-state index in [4.69, 9.17) is 0 Å². The number of rotatable bonds is 4. The summed E-state index contributed by atoms with van der Waals surface area (Å²) in [6, 6.07) is 0.459. The van der Waals surface area contributed by atoms with Crippen molar-refractivity contribution in [2.75, 3.05) is 6.54 Å². The van der Waals surface area contributed by atoms with E-state index in [9.17, 15) is 9.59 Å². The van der Waals surface area contributed by atoms with Crippen LogP contribution in [0.15, 0.2) is 25.3 Å². The molecular weight excluding hydrogens is 192 g/mol. The highest BCUT2D eigenvalue weighted by Crippen LogP contribution is 2.18. The van der Waals surface area contributed by atoms with Gasteiger partial charge in [0.15, 0.2) is 0 Å². The molecule has 4 heteroatoms. The van der Waals surface area contributed by atoms with Crippen molar-refractivity contribution in [1.29, 1.82) is 0 Å². The van der Waals surface area contributed by atoms with Crippen molar-refractivity contribution in [1.82, 2.24) is 10.6 Å². The van der Waals surface area contributed by atoms with Gasteiger partial charge in [0.25, 0.3) is 0 Å². The molecule has 0 atom stereocenters. The lowest BCUT2D eigenvalue weighted by molar-refractivity contribution is -0.117. The Hall–Kier alpha value is -1.58. The van der Waals surface area contributed by atoms with Gasteiger partial charge in [-0.15, -0.1) is 0 Å². The van der Waals surface area contributed by atoms with E-state index in [1.165, 1.54) is 12.2 Å². The lowest BCUT2D eigenvalue weighted by Gasteiger charge is -1.93. The van der Waals surface area contributed by atoms with Gasteiger partial charge in [-0.3, -0.25) is 9.59 Å². The van der Waals surface area contributed by atoms with Crippen molar-refractivity contribution in [3.8, 4) is 0 Å². The summed E-state index contributed by atoms with van der Waals surface area (Å²) in [5.41, 5.74) is 0. The van der Waals surface area contributed by atoms with Crippen LogP contribution in [0.4, 0.5) is 0 Å². The highest BCUT2D eigenvalue weighted by atomic mass is 16.2.